The molecule has 2 heterocycles. The molecule has 2 aliphatic rings. The van der Waals surface area contributed by atoms with Gasteiger partial charge in [-0.15, -0.1) is 0 Å². The highest BCUT2D eigenvalue weighted by atomic mass is 16.5. The first-order valence-corrected chi connectivity index (χ1v) is 8.12. The predicted octanol–water partition coefficient (Wildman–Crippen LogP) is 3.29. The Morgan fingerprint density at radius 3 is 3.14 bits per heavy atom. The summed E-state index contributed by atoms with van der Waals surface area (Å²) in [5.74, 6) is 0.858. The summed E-state index contributed by atoms with van der Waals surface area (Å²) in [4.78, 5) is 15.1. The number of nitrogens with zero attached hydrogens (tertiary/aromatic N) is 1. The molecule has 0 saturated carbocycles. The zero-order valence-electron chi connectivity index (χ0n) is 12.7. The van der Waals surface area contributed by atoms with E-state index < -0.39 is 0 Å². The Hall–Kier alpha value is -1.71. The third-order valence-corrected chi connectivity index (χ3v) is 4.52. The van der Waals surface area contributed by atoms with Crippen LogP contribution in [0.4, 0.5) is 5.69 Å². The van der Waals surface area contributed by atoms with E-state index in [2.05, 4.69) is 17.1 Å². The van der Waals surface area contributed by atoms with E-state index in [9.17, 15) is 4.79 Å². The molecule has 114 valence electrons. The molecule has 0 bridgehead atoms. The van der Waals surface area contributed by atoms with Crippen molar-refractivity contribution in [1.29, 1.82) is 0 Å². The lowest BCUT2D eigenvalue weighted by Gasteiger charge is -2.31. The fourth-order valence-electron chi connectivity index (χ4n) is 3.36. The molecule has 2 aliphatic heterocycles. The summed E-state index contributed by atoms with van der Waals surface area (Å²) in [5.41, 5.74) is 1.65. The fourth-order valence-corrected chi connectivity index (χ4v) is 3.36. The SMILES string of the molecule is CCC1CCCCCN1C(=O)c1cccc2c1OCCN2. The molecule has 21 heavy (non-hydrogen) atoms. The number of likely N-dealkylation sites (tertiary alicyclic amines) is 1. The molecule has 3 rings (SSSR count). The van der Waals surface area contributed by atoms with Crippen molar-refractivity contribution in [3.05, 3.63) is 23.8 Å². The van der Waals surface area contributed by atoms with Crippen LogP contribution in [0, 0.1) is 0 Å². The van der Waals surface area contributed by atoms with E-state index in [1.54, 1.807) is 0 Å². The molecule has 1 amide bonds. The van der Waals surface area contributed by atoms with Crippen molar-refractivity contribution in [3.8, 4) is 5.75 Å². The second-order valence-corrected chi connectivity index (χ2v) is 5.87. The predicted molar refractivity (Wildman–Crippen MR) is 84.0 cm³/mol. The van der Waals surface area contributed by atoms with E-state index in [4.69, 9.17) is 4.74 Å². The van der Waals surface area contributed by atoms with Gasteiger partial charge in [0.15, 0.2) is 5.75 Å². The smallest absolute Gasteiger partial charge is 0.257 e. The van der Waals surface area contributed by atoms with Gasteiger partial charge in [-0.1, -0.05) is 25.8 Å². The number of ether oxygens (including phenoxy) is 1. The molecule has 1 unspecified atom stereocenters. The Balaban J connectivity index is 1.90. The van der Waals surface area contributed by atoms with Crippen LogP contribution in [0.25, 0.3) is 0 Å². The molecule has 1 saturated heterocycles. The molecule has 4 nitrogen and oxygen atoms in total. The maximum absolute atomic E-state index is 13.0. The molecule has 1 fully saturated rings. The number of hydrogen-bond acceptors (Lipinski definition) is 3. The van der Waals surface area contributed by atoms with Gasteiger partial charge in [-0.2, -0.15) is 0 Å². The maximum atomic E-state index is 13.0. The lowest BCUT2D eigenvalue weighted by molar-refractivity contribution is 0.0673. The molecule has 0 spiro atoms. The van der Waals surface area contributed by atoms with Crippen LogP contribution < -0.4 is 10.1 Å². The highest BCUT2D eigenvalue weighted by Gasteiger charge is 2.28. The number of amides is 1. The number of rotatable bonds is 2. The van der Waals surface area contributed by atoms with Crippen LogP contribution in [-0.4, -0.2) is 36.5 Å². The fraction of sp³-hybridized carbons (Fsp3) is 0.588. The Kier molecular flexibility index (Phi) is 4.32. The number of nitrogens with one attached hydrogen (secondary N) is 1. The minimum atomic E-state index is 0.129. The van der Waals surface area contributed by atoms with Crippen molar-refractivity contribution >= 4 is 11.6 Å². The first kappa shape index (κ1) is 14.2. The first-order valence-electron chi connectivity index (χ1n) is 8.12. The highest BCUT2D eigenvalue weighted by Crippen LogP contribution is 2.33. The molecular formula is C17H24N2O2. The van der Waals surface area contributed by atoms with E-state index >= 15 is 0 Å². The number of carbonyl (C=O) groups is 1. The van der Waals surface area contributed by atoms with Gasteiger partial charge in [0.25, 0.3) is 5.91 Å². The Labute approximate surface area is 126 Å². The average Bonchev–Trinajstić information content (AvgIpc) is 2.79. The lowest BCUT2D eigenvalue weighted by Crippen LogP contribution is -2.40. The van der Waals surface area contributed by atoms with Gasteiger partial charge < -0.3 is 15.0 Å². The zero-order chi connectivity index (χ0) is 14.7. The minimum Gasteiger partial charge on any atom is -0.489 e. The largest absolute Gasteiger partial charge is 0.489 e. The average molecular weight is 288 g/mol. The van der Waals surface area contributed by atoms with E-state index in [0.29, 0.717) is 18.2 Å². The molecule has 1 N–H and O–H groups in total. The van der Waals surface area contributed by atoms with Crippen LogP contribution in [0.2, 0.25) is 0 Å². The molecule has 0 aliphatic carbocycles. The number of benzene rings is 1. The molecule has 4 heteroatoms. The van der Waals surface area contributed by atoms with Crippen LogP contribution >= 0.6 is 0 Å². The molecular weight excluding hydrogens is 264 g/mol. The standard InChI is InChI=1S/C17H24N2O2/c1-2-13-7-4-3-5-11-19(13)17(20)14-8-6-9-15-16(14)21-12-10-18-15/h6,8-9,13,18H,2-5,7,10-12H2,1H3. The number of fused-ring (bicyclic) bond motifs is 1. The Bertz CT molecular complexity index is 516. The summed E-state index contributed by atoms with van der Waals surface area (Å²) in [6.45, 7) is 4.46. The van der Waals surface area contributed by atoms with Gasteiger partial charge in [-0.3, -0.25) is 4.79 Å². The van der Waals surface area contributed by atoms with E-state index in [1.807, 2.05) is 18.2 Å². The summed E-state index contributed by atoms with van der Waals surface area (Å²) in [5, 5.41) is 3.30. The maximum Gasteiger partial charge on any atom is 0.257 e. The van der Waals surface area contributed by atoms with Gasteiger partial charge in [0.05, 0.1) is 11.3 Å². The van der Waals surface area contributed by atoms with Gasteiger partial charge in [0.2, 0.25) is 0 Å². The first-order chi connectivity index (χ1) is 10.3. The number of carbonyl (C=O) groups excluding carboxylic acids is 1. The number of anilines is 1. The van der Waals surface area contributed by atoms with Crippen LogP contribution in [0.3, 0.4) is 0 Å². The monoisotopic (exact) mass is 288 g/mol. The van der Waals surface area contributed by atoms with E-state index in [1.165, 1.54) is 12.8 Å². The van der Waals surface area contributed by atoms with E-state index in [-0.39, 0.29) is 5.91 Å². The molecule has 1 aromatic carbocycles. The normalized spacial score (nSPS) is 21.8. The van der Waals surface area contributed by atoms with Crippen LogP contribution in [0.1, 0.15) is 49.4 Å². The quantitative estimate of drug-likeness (QED) is 0.908. The second-order valence-electron chi connectivity index (χ2n) is 5.87. The Morgan fingerprint density at radius 2 is 2.29 bits per heavy atom. The van der Waals surface area contributed by atoms with Crippen molar-refractivity contribution in [2.45, 2.75) is 45.1 Å². The van der Waals surface area contributed by atoms with Crippen LogP contribution in [-0.2, 0) is 0 Å². The summed E-state index contributed by atoms with van der Waals surface area (Å²) < 4.78 is 5.76. The topological polar surface area (TPSA) is 41.6 Å². The van der Waals surface area contributed by atoms with Crippen molar-refractivity contribution in [1.82, 2.24) is 4.90 Å². The molecule has 0 aromatic heterocycles. The molecule has 1 atom stereocenters. The van der Waals surface area contributed by atoms with Gasteiger partial charge in [0, 0.05) is 19.1 Å². The summed E-state index contributed by atoms with van der Waals surface area (Å²) >= 11 is 0. The summed E-state index contributed by atoms with van der Waals surface area (Å²) in [6, 6.07) is 6.18. The third kappa shape index (κ3) is 2.85. The van der Waals surface area contributed by atoms with Crippen molar-refractivity contribution in [3.63, 3.8) is 0 Å². The zero-order valence-corrected chi connectivity index (χ0v) is 12.7. The van der Waals surface area contributed by atoms with Crippen molar-refractivity contribution in [2.24, 2.45) is 0 Å². The van der Waals surface area contributed by atoms with Gasteiger partial charge >= 0.3 is 0 Å². The van der Waals surface area contributed by atoms with Crippen molar-refractivity contribution < 1.29 is 9.53 Å². The number of para-hydroxylation sites is 1. The van der Waals surface area contributed by atoms with E-state index in [0.717, 1.165) is 43.8 Å². The highest BCUT2D eigenvalue weighted by molar-refractivity contribution is 5.99. The van der Waals surface area contributed by atoms with Crippen molar-refractivity contribution in [2.75, 3.05) is 25.0 Å². The van der Waals surface area contributed by atoms with Gasteiger partial charge in [0.1, 0.15) is 6.61 Å². The van der Waals surface area contributed by atoms with Crippen LogP contribution in [0.15, 0.2) is 18.2 Å². The second kappa shape index (κ2) is 6.37. The van der Waals surface area contributed by atoms with Gasteiger partial charge in [-0.05, 0) is 31.4 Å². The Morgan fingerprint density at radius 1 is 1.38 bits per heavy atom. The van der Waals surface area contributed by atoms with Crippen LogP contribution in [0.5, 0.6) is 5.75 Å². The number of hydrogen-bond donors (Lipinski definition) is 1. The minimum absolute atomic E-state index is 0.129. The lowest BCUT2D eigenvalue weighted by atomic mass is 10.1. The van der Waals surface area contributed by atoms with Gasteiger partial charge in [-0.25, -0.2) is 0 Å². The summed E-state index contributed by atoms with van der Waals surface area (Å²) in [7, 11) is 0. The summed E-state index contributed by atoms with van der Waals surface area (Å²) in [6.07, 6.45) is 5.71. The molecule has 0 radical (unpaired) electrons. The molecule has 1 aromatic rings. The third-order valence-electron chi connectivity index (χ3n) is 4.52.